The smallest absolute Gasteiger partial charge is 0.408 e. The van der Waals surface area contributed by atoms with E-state index in [1.807, 2.05) is 60.7 Å². The normalized spacial score (nSPS) is 15.9. The lowest BCUT2D eigenvalue weighted by Crippen LogP contribution is -2.43. The van der Waals surface area contributed by atoms with E-state index in [9.17, 15) is 14.4 Å². The molecule has 0 saturated carbocycles. The van der Waals surface area contributed by atoms with Crippen molar-refractivity contribution < 1.29 is 28.7 Å². The van der Waals surface area contributed by atoms with Crippen molar-refractivity contribution in [1.82, 2.24) is 10.4 Å². The molecule has 2 amide bonds. The van der Waals surface area contributed by atoms with Crippen LogP contribution in [0.15, 0.2) is 60.7 Å². The number of ether oxygens (including phenoxy) is 2. The first-order chi connectivity index (χ1) is 13.6. The van der Waals surface area contributed by atoms with Gasteiger partial charge in [-0.15, -0.1) is 0 Å². The van der Waals surface area contributed by atoms with Gasteiger partial charge in [-0.2, -0.15) is 0 Å². The molecule has 1 fully saturated rings. The van der Waals surface area contributed by atoms with Crippen LogP contribution in [0.3, 0.4) is 0 Å². The van der Waals surface area contributed by atoms with Crippen molar-refractivity contribution in [3.63, 3.8) is 0 Å². The lowest BCUT2D eigenvalue weighted by molar-refractivity contribution is -0.175. The van der Waals surface area contributed by atoms with Crippen LogP contribution in [-0.4, -0.2) is 42.2 Å². The van der Waals surface area contributed by atoms with Crippen molar-refractivity contribution in [1.29, 1.82) is 0 Å². The highest BCUT2D eigenvalue weighted by Crippen LogP contribution is 2.10. The number of hydrogen-bond acceptors (Lipinski definition) is 6. The predicted octanol–water partition coefficient (Wildman–Crippen LogP) is 1.80. The summed E-state index contributed by atoms with van der Waals surface area (Å²) < 4.78 is 10.2. The second kappa shape index (κ2) is 9.52. The Labute approximate surface area is 161 Å². The Morgan fingerprint density at radius 2 is 1.54 bits per heavy atom. The van der Waals surface area contributed by atoms with Crippen LogP contribution in [0.2, 0.25) is 0 Å². The minimum absolute atomic E-state index is 0.0781. The van der Waals surface area contributed by atoms with Crippen LogP contribution in [0.4, 0.5) is 4.79 Å². The van der Waals surface area contributed by atoms with Crippen LogP contribution < -0.4 is 5.32 Å². The highest BCUT2D eigenvalue weighted by molar-refractivity contribution is 5.88. The van der Waals surface area contributed by atoms with Gasteiger partial charge in [0.2, 0.25) is 0 Å². The molecule has 1 N–H and O–H groups in total. The molecule has 1 aliphatic rings. The van der Waals surface area contributed by atoms with E-state index in [0.717, 1.165) is 16.2 Å². The molecule has 0 aliphatic carbocycles. The maximum atomic E-state index is 12.2. The lowest BCUT2D eigenvalue weighted by atomic mass is 10.2. The molecule has 8 heteroatoms. The predicted molar refractivity (Wildman–Crippen MR) is 97.5 cm³/mol. The van der Waals surface area contributed by atoms with Gasteiger partial charge in [-0.05, 0) is 11.1 Å². The van der Waals surface area contributed by atoms with Crippen LogP contribution >= 0.6 is 0 Å². The van der Waals surface area contributed by atoms with Gasteiger partial charge in [-0.25, -0.2) is 9.86 Å². The van der Waals surface area contributed by atoms with Gasteiger partial charge in [0.25, 0.3) is 5.91 Å². The van der Waals surface area contributed by atoms with Gasteiger partial charge in [-0.1, -0.05) is 60.7 Å². The summed E-state index contributed by atoms with van der Waals surface area (Å²) in [6.07, 6.45) is -0.737. The first kappa shape index (κ1) is 19.4. The van der Waals surface area contributed by atoms with E-state index in [4.69, 9.17) is 14.3 Å². The molecule has 0 bridgehead atoms. The van der Waals surface area contributed by atoms with Crippen molar-refractivity contribution in [2.75, 3.05) is 13.2 Å². The van der Waals surface area contributed by atoms with Gasteiger partial charge in [0.05, 0.1) is 0 Å². The number of amides is 2. The van der Waals surface area contributed by atoms with Crippen LogP contribution in [0.1, 0.15) is 11.1 Å². The number of hydroxylamine groups is 2. The summed E-state index contributed by atoms with van der Waals surface area (Å²) in [6, 6.07) is 17.4. The Balaban J connectivity index is 1.40. The van der Waals surface area contributed by atoms with Crippen molar-refractivity contribution in [3.8, 4) is 0 Å². The number of carbonyl (C=O) groups excluding carboxylic acids is 3. The Morgan fingerprint density at radius 3 is 2.14 bits per heavy atom. The van der Waals surface area contributed by atoms with E-state index in [1.165, 1.54) is 0 Å². The zero-order valence-corrected chi connectivity index (χ0v) is 15.1. The summed E-state index contributed by atoms with van der Waals surface area (Å²) in [5, 5.41) is 3.31. The number of carbonyl (C=O) groups is 3. The fourth-order valence-electron chi connectivity index (χ4n) is 2.51. The summed E-state index contributed by atoms with van der Waals surface area (Å²) >= 11 is 0. The molecule has 1 atom stereocenters. The minimum Gasteiger partial charge on any atom is -0.459 e. The molecule has 1 saturated heterocycles. The summed E-state index contributed by atoms with van der Waals surface area (Å²) in [4.78, 5) is 41.2. The highest BCUT2D eigenvalue weighted by atomic mass is 16.7. The summed E-state index contributed by atoms with van der Waals surface area (Å²) in [6.45, 7) is -0.243. The third-order valence-corrected chi connectivity index (χ3v) is 3.96. The van der Waals surface area contributed by atoms with Crippen molar-refractivity contribution in [2.24, 2.45) is 0 Å². The molecule has 0 aromatic heterocycles. The zero-order chi connectivity index (χ0) is 19.8. The Morgan fingerprint density at radius 1 is 0.964 bits per heavy atom. The quantitative estimate of drug-likeness (QED) is 0.732. The van der Waals surface area contributed by atoms with Gasteiger partial charge < -0.3 is 14.8 Å². The molecule has 28 heavy (non-hydrogen) atoms. The van der Waals surface area contributed by atoms with Crippen LogP contribution in [0.25, 0.3) is 0 Å². The van der Waals surface area contributed by atoms with Crippen molar-refractivity contribution >= 4 is 18.0 Å². The van der Waals surface area contributed by atoms with Crippen molar-refractivity contribution in [2.45, 2.75) is 19.3 Å². The number of benzene rings is 2. The van der Waals surface area contributed by atoms with Gasteiger partial charge >= 0.3 is 12.1 Å². The molecule has 0 radical (unpaired) electrons. The second-order valence-electron chi connectivity index (χ2n) is 6.08. The van der Waals surface area contributed by atoms with Gasteiger partial charge in [-0.3, -0.25) is 14.4 Å². The molecular formula is C20H20N2O6. The average Bonchev–Trinajstić information content (AvgIpc) is 3.06. The van der Waals surface area contributed by atoms with E-state index in [1.54, 1.807) is 0 Å². The van der Waals surface area contributed by atoms with E-state index in [0.29, 0.717) is 0 Å². The lowest BCUT2D eigenvalue weighted by Gasteiger charge is -2.14. The topological polar surface area (TPSA) is 94.2 Å². The van der Waals surface area contributed by atoms with E-state index < -0.39 is 24.0 Å². The van der Waals surface area contributed by atoms with Crippen LogP contribution in [0, 0.1) is 0 Å². The van der Waals surface area contributed by atoms with Crippen LogP contribution in [0.5, 0.6) is 0 Å². The zero-order valence-electron chi connectivity index (χ0n) is 15.1. The standard InChI is InChI=1S/C20H20N2O6/c23-18(26-12-15-7-3-1-4-8-15)11-22-19(24)17(14-28-22)21-20(25)27-13-16-9-5-2-6-10-16/h1-10,17H,11-14H2,(H,21,25). The van der Waals surface area contributed by atoms with E-state index in [-0.39, 0.29) is 26.4 Å². The SMILES string of the molecule is O=C(CN1OCC(NC(=O)OCc2ccccc2)C1=O)OCc1ccccc1. The number of rotatable bonds is 7. The molecule has 2 aromatic rings. The first-order valence-corrected chi connectivity index (χ1v) is 8.73. The molecule has 1 aliphatic heterocycles. The molecule has 146 valence electrons. The van der Waals surface area contributed by atoms with Gasteiger partial charge in [0.1, 0.15) is 32.4 Å². The van der Waals surface area contributed by atoms with Gasteiger partial charge in [0.15, 0.2) is 0 Å². The average molecular weight is 384 g/mol. The Kier molecular flexibility index (Phi) is 6.59. The largest absolute Gasteiger partial charge is 0.459 e. The number of hydrogen-bond donors (Lipinski definition) is 1. The molecular weight excluding hydrogens is 364 g/mol. The van der Waals surface area contributed by atoms with Crippen LogP contribution in [-0.2, 0) is 37.1 Å². The summed E-state index contributed by atoms with van der Waals surface area (Å²) in [7, 11) is 0. The number of esters is 1. The molecule has 0 spiro atoms. The Bertz CT molecular complexity index is 744. The van der Waals surface area contributed by atoms with Gasteiger partial charge in [0, 0.05) is 0 Å². The number of alkyl carbamates (subject to hydrolysis) is 1. The fourth-order valence-corrected chi connectivity index (χ4v) is 2.51. The maximum Gasteiger partial charge on any atom is 0.408 e. The minimum atomic E-state index is -0.912. The molecule has 1 heterocycles. The fraction of sp³-hybridized carbons (Fsp3) is 0.250. The monoisotopic (exact) mass is 384 g/mol. The number of nitrogens with zero attached hydrogens (tertiary/aromatic N) is 1. The molecule has 1 unspecified atom stereocenters. The third-order valence-electron chi connectivity index (χ3n) is 3.96. The second-order valence-corrected chi connectivity index (χ2v) is 6.08. The van der Waals surface area contributed by atoms with Crippen molar-refractivity contribution in [3.05, 3.63) is 71.8 Å². The third kappa shape index (κ3) is 5.55. The summed E-state index contributed by atoms with van der Waals surface area (Å²) in [5.74, 6) is -1.14. The number of nitrogens with one attached hydrogen (secondary N) is 1. The first-order valence-electron chi connectivity index (χ1n) is 8.73. The molecule has 3 rings (SSSR count). The van der Waals surface area contributed by atoms with E-state index in [2.05, 4.69) is 5.32 Å². The highest BCUT2D eigenvalue weighted by Gasteiger charge is 2.36. The summed E-state index contributed by atoms with van der Waals surface area (Å²) in [5.41, 5.74) is 1.67. The van der Waals surface area contributed by atoms with E-state index >= 15 is 0 Å². The maximum absolute atomic E-state index is 12.2. The molecule has 8 nitrogen and oxygen atoms in total. The Hall–Kier alpha value is -3.39. The molecule has 2 aromatic carbocycles.